The van der Waals surface area contributed by atoms with Gasteiger partial charge in [-0.25, -0.2) is 13.1 Å². The van der Waals surface area contributed by atoms with Crippen molar-refractivity contribution in [2.75, 3.05) is 20.1 Å². The number of likely N-dealkylation sites (N-methyl/N-ethyl adjacent to an activating group) is 1. The molecule has 2 aromatic carbocycles. The fourth-order valence-electron chi connectivity index (χ4n) is 3.37. The lowest BCUT2D eigenvalue weighted by Gasteiger charge is -2.24. The molecule has 0 aliphatic carbocycles. The minimum Gasteiger partial charge on any atom is -0.334 e. The maximum Gasteiger partial charge on any atom is 0.254 e. The lowest BCUT2D eigenvalue weighted by atomic mass is 10.1. The van der Waals surface area contributed by atoms with Crippen molar-refractivity contribution < 1.29 is 13.2 Å². The van der Waals surface area contributed by atoms with Crippen LogP contribution in [0, 0.1) is 0 Å². The zero-order chi connectivity index (χ0) is 19.3. The zero-order valence-corrected chi connectivity index (χ0v) is 17.4. The summed E-state index contributed by atoms with van der Waals surface area (Å²) in [7, 11) is -1.83. The standard InChI is InChI=1S/C20H25N3O3S.ClH/c1-21-15-18-10-6-12-23(18)20(24)17-9-5-11-19(13-17)27(25,26)22-14-16-7-3-2-4-8-16;/h2-5,7-9,11,13,18,21-22H,6,10,12,14-15H2,1H3;1H. The van der Waals surface area contributed by atoms with E-state index in [1.807, 2.05) is 42.3 Å². The monoisotopic (exact) mass is 423 g/mol. The summed E-state index contributed by atoms with van der Waals surface area (Å²) in [6.07, 6.45) is 1.93. The fraction of sp³-hybridized carbons (Fsp3) is 0.350. The minimum absolute atomic E-state index is 0. The summed E-state index contributed by atoms with van der Waals surface area (Å²) < 4.78 is 27.8. The number of hydrogen-bond donors (Lipinski definition) is 2. The van der Waals surface area contributed by atoms with Crippen LogP contribution >= 0.6 is 12.4 Å². The summed E-state index contributed by atoms with van der Waals surface area (Å²) in [5.74, 6) is -0.118. The van der Waals surface area contributed by atoms with E-state index in [2.05, 4.69) is 10.0 Å². The van der Waals surface area contributed by atoms with Crippen LogP contribution < -0.4 is 10.0 Å². The van der Waals surface area contributed by atoms with Crippen LogP contribution in [-0.4, -0.2) is 45.4 Å². The van der Waals surface area contributed by atoms with Crippen LogP contribution in [0.1, 0.15) is 28.8 Å². The second-order valence-electron chi connectivity index (χ2n) is 6.69. The number of hydrogen-bond acceptors (Lipinski definition) is 4. The molecule has 152 valence electrons. The molecule has 0 saturated carbocycles. The molecule has 3 rings (SSSR count). The maximum atomic E-state index is 12.9. The molecule has 6 nitrogen and oxygen atoms in total. The summed E-state index contributed by atoms with van der Waals surface area (Å²) >= 11 is 0. The number of halogens is 1. The van der Waals surface area contributed by atoms with Gasteiger partial charge in [0, 0.05) is 31.2 Å². The maximum absolute atomic E-state index is 12.9. The molecule has 1 aliphatic heterocycles. The largest absolute Gasteiger partial charge is 0.334 e. The fourth-order valence-corrected chi connectivity index (χ4v) is 4.43. The number of carbonyl (C=O) groups is 1. The summed E-state index contributed by atoms with van der Waals surface area (Å²) in [5, 5.41) is 3.11. The van der Waals surface area contributed by atoms with Crippen LogP contribution in [-0.2, 0) is 16.6 Å². The van der Waals surface area contributed by atoms with Gasteiger partial charge >= 0.3 is 0 Å². The van der Waals surface area contributed by atoms with Gasteiger partial charge < -0.3 is 10.2 Å². The molecule has 1 unspecified atom stereocenters. The molecule has 8 heteroatoms. The first-order chi connectivity index (χ1) is 13.0. The van der Waals surface area contributed by atoms with Crippen LogP contribution in [0.15, 0.2) is 59.5 Å². The van der Waals surface area contributed by atoms with Gasteiger partial charge in [-0.3, -0.25) is 4.79 Å². The van der Waals surface area contributed by atoms with E-state index in [0.717, 1.165) is 24.9 Å². The first-order valence-electron chi connectivity index (χ1n) is 9.10. The molecule has 1 aliphatic rings. The highest BCUT2D eigenvalue weighted by molar-refractivity contribution is 7.89. The topological polar surface area (TPSA) is 78.5 Å². The highest BCUT2D eigenvalue weighted by Crippen LogP contribution is 2.21. The smallest absolute Gasteiger partial charge is 0.254 e. The van der Waals surface area contributed by atoms with E-state index in [1.54, 1.807) is 12.1 Å². The molecular formula is C20H26ClN3O3S. The number of rotatable bonds is 7. The van der Waals surface area contributed by atoms with Crippen LogP contribution in [0.5, 0.6) is 0 Å². The van der Waals surface area contributed by atoms with Gasteiger partial charge in [-0.15, -0.1) is 12.4 Å². The molecule has 1 atom stereocenters. The van der Waals surface area contributed by atoms with E-state index in [9.17, 15) is 13.2 Å². The third-order valence-corrected chi connectivity index (χ3v) is 6.18. The first-order valence-corrected chi connectivity index (χ1v) is 10.6. The zero-order valence-electron chi connectivity index (χ0n) is 15.8. The van der Waals surface area contributed by atoms with Crippen molar-refractivity contribution in [3.8, 4) is 0 Å². The predicted octanol–water partition coefficient (Wildman–Crippen LogP) is 2.41. The van der Waals surface area contributed by atoms with Gasteiger partial charge in [-0.1, -0.05) is 36.4 Å². The molecule has 0 aromatic heterocycles. The lowest BCUT2D eigenvalue weighted by Crippen LogP contribution is -2.40. The SMILES string of the molecule is CNCC1CCCN1C(=O)c1cccc(S(=O)(=O)NCc2ccccc2)c1.Cl. The molecule has 0 spiro atoms. The summed E-state index contributed by atoms with van der Waals surface area (Å²) in [6, 6.07) is 15.7. The molecule has 1 amide bonds. The number of nitrogens with one attached hydrogen (secondary N) is 2. The molecule has 1 fully saturated rings. The van der Waals surface area contributed by atoms with Gasteiger partial charge in [-0.2, -0.15) is 0 Å². The van der Waals surface area contributed by atoms with Crippen molar-refractivity contribution in [3.63, 3.8) is 0 Å². The Morgan fingerprint density at radius 1 is 1.14 bits per heavy atom. The molecule has 0 bridgehead atoms. The predicted molar refractivity (Wildman–Crippen MR) is 112 cm³/mol. The van der Waals surface area contributed by atoms with E-state index in [1.165, 1.54) is 12.1 Å². The van der Waals surface area contributed by atoms with E-state index in [0.29, 0.717) is 12.1 Å². The Morgan fingerprint density at radius 2 is 1.89 bits per heavy atom. The van der Waals surface area contributed by atoms with Crippen molar-refractivity contribution >= 4 is 28.3 Å². The Balaban J connectivity index is 0.00000280. The second kappa shape index (κ2) is 10.0. The molecule has 28 heavy (non-hydrogen) atoms. The van der Waals surface area contributed by atoms with Crippen LogP contribution in [0.4, 0.5) is 0 Å². The number of benzene rings is 2. The van der Waals surface area contributed by atoms with E-state index in [4.69, 9.17) is 0 Å². The van der Waals surface area contributed by atoms with Crippen LogP contribution in [0.3, 0.4) is 0 Å². The summed E-state index contributed by atoms with van der Waals surface area (Å²) in [4.78, 5) is 14.8. The van der Waals surface area contributed by atoms with Gasteiger partial charge in [-0.05, 0) is 43.7 Å². The highest BCUT2D eigenvalue weighted by atomic mass is 35.5. The van der Waals surface area contributed by atoms with Crippen molar-refractivity contribution in [2.45, 2.75) is 30.3 Å². The highest BCUT2D eigenvalue weighted by Gasteiger charge is 2.29. The number of carbonyl (C=O) groups excluding carboxylic acids is 1. The van der Waals surface area contributed by atoms with Crippen molar-refractivity contribution in [2.24, 2.45) is 0 Å². The quantitative estimate of drug-likeness (QED) is 0.716. The van der Waals surface area contributed by atoms with Crippen LogP contribution in [0.2, 0.25) is 0 Å². The number of nitrogens with zero attached hydrogens (tertiary/aromatic N) is 1. The van der Waals surface area contributed by atoms with Crippen molar-refractivity contribution in [3.05, 3.63) is 65.7 Å². The average Bonchev–Trinajstić information content (AvgIpc) is 3.15. The molecule has 2 N–H and O–H groups in total. The van der Waals surface area contributed by atoms with Gasteiger partial charge in [0.1, 0.15) is 0 Å². The lowest BCUT2D eigenvalue weighted by molar-refractivity contribution is 0.0737. The summed E-state index contributed by atoms with van der Waals surface area (Å²) in [5.41, 5.74) is 1.28. The third kappa shape index (κ3) is 5.32. The first kappa shape index (κ1) is 22.4. The molecule has 1 saturated heterocycles. The Kier molecular flexibility index (Phi) is 8.00. The second-order valence-corrected chi connectivity index (χ2v) is 8.46. The summed E-state index contributed by atoms with van der Waals surface area (Å²) in [6.45, 7) is 1.65. The number of sulfonamides is 1. The molecule has 2 aromatic rings. The number of likely N-dealkylation sites (tertiary alicyclic amines) is 1. The van der Waals surface area contributed by atoms with E-state index < -0.39 is 10.0 Å². The van der Waals surface area contributed by atoms with Gasteiger partial charge in [0.25, 0.3) is 5.91 Å². The van der Waals surface area contributed by atoms with Crippen molar-refractivity contribution in [1.82, 2.24) is 14.9 Å². The average molecular weight is 424 g/mol. The Bertz CT molecular complexity index is 891. The third-order valence-electron chi connectivity index (χ3n) is 4.78. The van der Waals surface area contributed by atoms with Crippen molar-refractivity contribution in [1.29, 1.82) is 0 Å². The molecular weight excluding hydrogens is 398 g/mol. The molecule has 1 heterocycles. The Labute approximate surface area is 172 Å². The van der Waals surface area contributed by atoms with E-state index in [-0.39, 0.29) is 35.8 Å². The normalized spacial score (nSPS) is 16.6. The van der Waals surface area contributed by atoms with Crippen LogP contribution in [0.25, 0.3) is 0 Å². The van der Waals surface area contributed by atoms with Gasteiger partial charge in [0.2, 0.25) is 10.0 Å². The Hall–Kier alpha value is -1.93. The van der Waals surface area contributed by atoms with Gasteiger partial charge in [0.05, 0.1) is 4.90 Å². The number of amides is 1. The van der Waals surface area contributed by atoms with E-state index >= 15 is 0 Å². The minimum atomic E-state index is -3.69. The van der Waals surface area contributed by atoms with Gasteiger partial charge in [0.15, 0.2) is 0 Å². The molecule has 0 radical (unpaired) electrons. The Morgan fingerprint density at radius 3 is 2.61 bits per heavy atom.